The fraction of sp³-hybridized carbons (Fsp3) is 0.800. The maximum Gasteiger partial charge on any atom is 0.159 e. The van der Waals surface area contributed by atoms with Gasteiger partial charge >= 0.3 is 0 Å². The van der Waals surface area contributed by atoms with E-state index in [1.54, 1.807) is 0 Å². The summed E-state index contributed by atoms with van der Waals surface area (Å²) in [6, 6.07) is 0. The molecule has 1 unspecified atom stereocenters. The van der Waals surface area contributed by atoms with Crippen molar-refractivity contribution in [1.82, 2.24) is 0 Å². The molecule has 0 aromatic carbocycles. The summed E-state index contributed by atoms with van der Waals surface area (Å²) in [4.78, 5) is 11.7. The second kappa shape index (κ2) is 17.9. The molecule has 0 saturated carbocycles. The van der Waals surface area contributed by atoms with Gasteiger partial charge in [-0.05, 0) is 43.4 Å². The molecule has 29 heavy (non-hydrogen) atoms. The molecule has 0 bridgehead atoms. The number of carbonyl (C=O) groups excluding carboxylic acids is 1. The van der Waals surface area contributed by atoms with Crippen LogP contribution >= 0.6 is 0 Å². The summed E-state index contributed by atoms with van der Waals surface area (Å²) in [6.45, 7) is 10.5. The van der Waals surface area contributed by atoms with Gasteiger partial charge in [0.25, 0.3) is 0 Å². The van der Waals surface area contributed by atoms with Gasteiger partial charge in [0, 0.05) is 18.9 Å². The predicted molar refractivity (Wildman–Crippen MR) is 122 cm³/mol. The molecule has 0 amide bonds. The van der Waals surface area contributed by atoms with Crippen molar-refractivity contribution in [3.63, 3.8) is 0 Å². The second-order valence-electron chi connectivity index (χ2n) is 7.76. The molecule has 0 aromatic heterocycles. The highest BCUT2D eigenvalue weighted by Crippen LogP contribution is 2.35. The summed E-state index contributed by atoms with van der Waals surface area (Å²) in [6.07, 6.45) is 15.2. The number of unbranched alkanes of at least 4 members (excludes halogenated alkanes) is 6. The van der Waals surface area contributed by atoms with E-state index in [0.29, 0.717) is 6.42 Å². The Hall–Kier alpha value is -0.970. The minimum Gasteiger partial charge on any atom is -0.396 e. The van der Waals surface area contributed by atoms with Gasteiger partial charge in [-0.3, -0.25) is 4.79 Å². The number of Topliss-reactive ketones (excluding diaryl/α,β-unsaturated/α-hetero) is 1. The molecule has 4 nitrogen and oxygen atoms in total. The first-order chi connectivity index (χ1) is 14.1. The van der Waals surface area contributed by atoms with E-state index in [4.69, 9.17) is 9.84 Å². The van der Waals surface area contributed by atoms with E-state index in [9.17, 15) is 9.90 Å². The second-order valence-corrected chi connectivity index (χ2v) is 7.76. The van der Waals surface area contributed by atoms with Gasteiger partial charge in [0.2, 0.25) is 0 Å². The van der Waals surface area contributed by atoms with Crippen LogP contribution in [0.3, 0.4) is 0 Å². The molecule has 0 spiro atoms. The van der Waals surface area contributed by atoms with Crippen molar-refractivity contribution in [2.75, 3.05) is 13.2 Å². The first kappa shape index (κ1) is 28.0. The average Bonchev–Trinajstić information content (AvgIpc) is 2.74. The third-order valence-electron chi connectivity index (χ3n) is 5.40. The van der Waals surface area contributed by atoms with Crippen LogP contribution < -0.4 is 0 Å². The fourth-order valence-corrected chi connectivity index (χ4v) is 3.64. The summed E-state index contributed by atoms with van der Waals surface area (Å²) < 4.78 is 5.99. The minimum atomic E-state index is -0.0935. The summed E-state index contributed by atoms with van der Waals surface area (Å²) in [5, 5.41) is 18.3. The van der Waals surface area contributed by atoms with E-state index in [-0.39, 0.29) is 37.1 Å². The van der Waals surface area contributed by atoms with Gasteiger partial charge in [-0.1, -0.05) is 72.3 Å². The van der Waals surface area contributed by atoms with Crippen LogP contribution in [0.25, 0.3) is 0 Å². The Morgan fingerprint density at radius 3 is 2.10 bits per heavy atom. The van der Waals surface area contributed by atoms with Crippen molar-refractivity contribution in [3.8, 4) is 0 Å². The van der Waals surface area contributed by atoms with Gasteiger partial charge in [0.05, 0.1) is 18.8 Å². The van der Waals surface area contributed by atoms with Crippen molar-refractivity contribution in [1.29, 1.82) is 0 Å². The van der Waals surface area contributed by atoms with Gasteiger partial charge in [0.15, 0.2) is 5.78 Å². The number of aliphatic hydroxyl groups excluding tert-OH is 2. The van der Waals surface area contributed by atoms with Gasteiger partial charge < -0.3 is 14.9 Å². The van der Waals surface area contributed by atoms with Crippen molar-refractivity contribution in [3.05, 3.63) is 23.3 Å². The van der Waals surface area contributed by atoms with Gasteiger partial charge in [0.1, 0.15) is 0 Å². The highest BCUT2D eigenvalue weighted by Gasteiger charge is 2.35. The SMILES string of the molecule is CC.CC1=C[C@H]2OC(CCCCO)C=C(CO)[C@H]2CC1=O.CCCCCCCC. The highest BCUT2D eigenvalue weighted by molar-refractivity contribution is 5.96. The third kappa shape index (κ3) is 11.1. The zero-order valence-electron chi connectivity index (χ0n) is 19.6. The lowest BCUT2D eigenvalue weighted by Gasteiger charge is -2.37. The predicted octanol–water partition coefficient (Wildman–Crippen LogP) is 5.76. The molecular formula is C25H46O4. The summed E-state index contributed by atoms with van der Waals surface area (Å²) in [7, 11) is 0. The Morgan fingerprint density at radius 1 is 0.966 bits per heavy atom. The van der Waals surface area contributed by atoms with Crippen molar-refractivity contribution in [2.45, 2.75) is 111 Å². The topological polar surface area (TPSA) is 66.8 Å². The molecule has 1 heterocycles. The Labute approximate surface area is 179 Å². The lowest BCUT2D eigenvalue weighted by Crippen LogP contribution is -2.38. The van der Waals surface area contributed by atoms with Gasteiger partial charge in [-0.25, -0.2) is 0 Å². The fourth-order valence-electron chi connectivity index (χ4n) is 3.64. The zero-order valence-corrected chi connectivity index (χ0v) is 19.6. The van der Waals surface area contributed by atoms with Crippen LogP contribution in [0.4, 0.5) is 0 Å². The van der Waals surface area contributed by atoms with Crippen LogP contribution in [-0.4, -0.2) is 41.4 Å². The summed E-state index contributed by atoms with van der Waals surface area (Å²) in [5.74, 6) is 0.137. The number of rotatable bonds is 10. The lowest BCUT2D eigenvalue weighted by atomic mass is 9.79. The van der Waals surface area contributed by atoms with Crippen LogP contribution in [0.15, 0.2) is 23.3 Å². The average molecular weight is 411 g/mol. The smallest absolute Gasteiger partial charge is 0.159 e. The number of hydrogen-bond donors (Lipinski definition) is 2. The largest absolute Gasteiger partial charge is 0.396 e. The van der Waals surface area contributed by atoms with E-state index in [2.05, 4.69) is 13.8 Å². The Bertz CT molecular complexity index is 475. The van der Waals surface area contributed by atoms with E-state index >= 15 is 0 Å². The van der Waals surface area contributed by atoms with Crippen molar-refractivity contribution < 1.29 is 19.7 Å². The minimum absolute atomic E-state index is 0.00436. The number of aliphatic hydroxyl groups is 2. The van der Waals surface area contributed by atoms with E-state index in [1.165, 1.54) is 38.5 Å². The number of allylic oxidation sites excluding steroid dienone is 1. The highest BCUT2D eigenvalue weighted by atomic mass is 16.5. The first-order valence-corrected chi connectivity index (χ1v) is 11.9. The van der Waals surface area contributed by atoms with Crippen molar-refractivity contribution in [2.24, 2.45) is 5.92 Å². The van der Waals surface area contributed by atoms with Crippen LogP contribution in [-0.2, 0) is 9.53 Å². The molecule has 2 N–H and O–H groups in total. The van der Waals surface area contributed by atoms with Crippen LogP contribution in [0.1, 0.15) is 98.8 Å². The van der Waals surface area contributed by atoms with E-state index in [1.807, 2.05) is 32.9 Å². The molecule has 0 saturated heterocycles. The van der Waals surface area contributed by atoms with E-state index < -0.39 is 0 Å². The number of ketones is 1. The van der Waals surface area contributed by atoms with Crippen LogP contribution in [0.5, 0.6) is 0 Å². The number of ether oxygens (including phenoxy) is 1. The van der Waals surface area contributed by atoms with E-state index in [0.717, 1.165) is 30.4 Å². The standard InChI is InChI=1S/C15H22O4.C8H18.C2H6/c1-10-6-15-13(8-14(10)18)11(9-17)7-12(19-15)4-2-3-5-16;1-3-5-7-8-6-4-2;1-2/h6-7,12-13,15-17H,2-5,8-9H2,1H3;3-8H2,1-2H3;1-2H3/t12?,13-,15-;;/m1../s1. The molecule has 0 aromatic rings. The molecular weight excluding hydrogens is 364 g/mol. The monoisotopic (exact) mass is 410 g/mol. The Morgan fingerprint density at radius 2 is 1.59 bits per heavy atom. The van der Waals surface area contributed by atoms with Crippen LogP contribution in [0.2, 0.25) is 0 Å². The molecule has 2 aliphatic rings. The molecule has 2 rings (SSSR count). The maximum atomic E-state index is 11.7. The molecule has 4 heteroatoms. The lowest BCUT2D eigenvalue weighted by molar-refractivity contribution is -0.119. The maximum absolute atomic E-state index is 11.7. The normalized spacial score (nSPS) is 23.0. The number of carbonyl (C=O) groups is 1. The Kier molecular flexibility index (Phi) is 17.3. The molecule has 0 radical (unpaired) electrons. The molecule has 3 atom stereocenters. The Balaban J connectivity index is 0.000000664. The molecule has 1 aliphatic carbocycles. The van der Waals surface area contributed by atoms with Gasteiger partial charge in [-0.2, -0.15) is 0 Å². The van der Waals surface area contributed by atoms with Crippen LogP contribution in [0, 0.1) is 5.92 Å². The van der Waals surface area contributed by atoms with Crippen molar-refractivity contribution >= 4 is 5.78 Å². The summed E-state index contributed by atoms with van der Waals surface area (Å²) in [5.41, 5.74) is 1.68. The first-order valence-electron chi connectivity index (χ1n) is 11.9. The molecule has 0 fully saturated rings. The molecule has 170 valence electrons. The quantitative estimate of drug-likeness (QED) is 0.355. The summed E-state index contributed by atoms with van der Waals surface area (Å²) >= 11 is 0. The number of hydrogen-bond acceptors (Lipinski definition) is 4. The number of fused-ring (bicyclic) bond motifs is 1. The van der Waals surface area contributed by atoms with Gasteiger partial charge in [-0.15, -0.1) is 0 Å². The third-order valence-corrected chi connectivity index (χ3v) is 5.40. The molecule has 1 aliphatic heterocycles. The zero-order chi connectivity index (χ0) is 22.1.